The molecule has 6 nitrogen and oxygen atoms in total. The van der Waals surface area contributed by atoms with Crippen LogP contribution in [0.3, 0.4) is 0 Å². The second kappa shape index (κ2) is 9.63. The molecule has 1 aliphatic rings. The quantitative estimate of drug-likeness (QED) is 0.603. The molecule has 0 unspecified atom stereocenters. The zero-order chi connectivity index (χ0) is 22.5. The first-order valence-electron chi connectivity index (χ1n) is 11.0. The van der Waals surface area contributed by atoms with Crippen molar-refractivity contribution in [1.82, 2.24) is 5.32 Å². The summed E-state index contributed by atoms with van der Waals surface area (Å²) in [5.74, 6) is -0.458. The van der Waals surface area contributed by atoms with Gasteiger partial charge in [-0.3, -0.25) is 14.4 Å². The van der Waals surface area contributed by atoms with Crippen LogP contribution >= 0.6 is 0 Å². The van der Waals surface area contributed by atoms with Crippen molar-refractivity contribution in [3.63, 3.8) is 0 Å². The number of carbonyl (C=O) groups is 3. The van der Waals surface area contributed by atoms with E-state index in [1.54, 1.807) is 18.2 Å². The molecule has 3 amide bonds. The van der Waals surface area contributed by atoms with Gasteiger partial charge in [0.25, 0.3) is 5.91 Å². The topological polar surface area (TPSA) is 87.3 Å². The van der Waals surface area contributed by atoms with Gasteiger partial charge in [0.15, 0.2) is 0 Å². The Labute approximate surface area is 180 Å². The summed E-state index contributed by atoms with van der Waals surface area (Å²) in [5, 5.41) is 8.89. The lowest BCUT2D eigenvalue weighted by Crippen LogP contribution is -2.36. The molecule has 1 fully saturated rings. The highest BCUT2D eigenvalue weighted by Crippen LogP contribution is 2.26. The number of anilines is 2. The van der Waals surface area contributed by atoms with Crippen molar-refractivity contribution in [2.24, 2.45) is 10.8 Å². The van der Waals surface area contributed by atoms with Gasteiger partial charge in [0.2, 0.25) is 11.8 Å². The highest BCUT2D eigenvalue weighted by molar-refractivity contribution is 6.02. The Balaban J connectivity index is 2.29. The Kier molecular flexibility index (Phi) is 7.67. The fraction of sp³-hybridized carbons (Fsp3) is 0.625. The second-order valence-corrected chi connectivity index (χ2v) is 10.0. The Bertz CT molecular complexity index is 787. The number of carbonyl (C=O) groups excluding carboxylic acids is 3. The van der Waals surface area contributed by atoms with Crippen LogP contribution in [0, 0.1) is 10.8 Å². The van der Waals surface area contributed by atoms with Gasteiger partial charge in [0.1, 0.15) is 0 Å². The number of nitrogens with one attached hydrogen (secondary N) is 3. The molecule has 0 atom stereocenters. The number of rotatable bonds is 6. The van der Waals surface area contributed by atoms with E-state index in [0.29, 0.717) is 23.4 Å². The van der Waals surface area contributed by atoms with E-state index in [-0.39, 0.29) is 23.8 Å². The van der Waals surface area contributed by atoms with Crippen molar-refractivity contribution < 1.29 is 14.4 Å². The van der Waals surface area contributed by atoms with Gasteiger partial charge in [-0.1, -0.05) is 60.8 Å². The molecule has 0 bridgehead atoms. The molecule has 1 aromatic carbocycles. The summed E-state index contributed by atoms with van der Waals surface area (Å²) in [6.07, 6.45) is 6.12. The van der Waals surface area contributed by atoms with Crippen LogP contribution in [0.1, 0.15) is 90.4 Å². The highest BCUT2D eigenvalue weighted by atomic mass is 16.2. The summed E-state index contributed by atoms with van der Waals surface area (Å²) in [7, 11) is 0. The maximum absolute atomic E-state index is 12.9. The minimum atomic E-state index is -0.575. The summed E-state index contributed by atoms with van der Waals surface area (Å²) >= 11 is 0. The Morgan fingerprint density at radius 1 is 0.867 bits per heavy atom. The molecule has 30 heavy (non-hydrogen) atoms. The summed E-state index contributed by atoms with van der Waals surface area (Å²) in [6.45, 7) is 11.2. The molecule has 0 heterocycles. The van der Waals surface area contributed by atoms with Crippen molar-refractivity contribution in [1.29, 1.82) is 0 Å². The first kappa shape index (κ1) is 23.9. The van der Waals surface area contributed by atoms with Crippen molar-refractivity contribution in [3.8, 4) is 0 Å². The zero-order valence-corrected chi connectivity index (χ0v) is 19.3. The molecule has 0 radical (unpaired) electrons. The molecule has 6 heteroatoms. The number of amides is 3. The maximum Gasteiger partial charge on any atom is 0.251 e. The molecule has 0 aromatic heterocycles. The third kappa shape index (κ3) is 6.57. The van der Waals surface area contributed by atoms with Crippen LogP contribution < -0.4 is 16.0 Å². The molecule has 0 spiro atoms. The van der Waals surface area contributed by atoms with Gasteiger partial charge in [-0.25, -0.2) is 0 Å². The monoisotopic (exact) mass is 415 g/mol. The lowest BCUT2D eigenvalue weighted by Gasteiger charge is -2.24. The zero-order valence-electron chi connectivity index (χ0n) is 19.3. The molecule has 3 N–H and O–H groups in total. The molecule has 0 aliphatic heterocycles. The van der Waals surface area contributed by atoms with Crippen LogP contribution in [0.25, 0.3) is 0 Å². The largest absolute Gasteiger partial charge is 0.349 e. The van der Waals surface area contributed by atoms with E-state index in [2.05, 4.69) is 16.0 Å². The van der Waals surface area contributed by atoms with Crippen molar-refractivity contribution in [2.75, 3.05) is 10.6 Å². The minimum absolute atomic E-state index is 0.122. The molecule has 166 valence electrons. The second-order valence-electron chi connectivity index (χ2n) is 10.0. The van der Waals surface area contributed by atoms with Gasteiger partial charge in [-0.15, -0.1) is 0 Å². The van der Waals surface area contributed by atoms with E-state index < -0.39 is 10.8 Å². The van der Waals surface area contributed by atoms with Crippen LogP contribution in [0.15, 0.2) is 18.2 Å². The fourth-order valence-electron chi connectivity index (χ4n) is 3.20. The molecule has 2 rings (SSSR count). The van der Waals surface area contributed by atoms with E-state index in [4.69, 9.17) is 0 Å². The molecular weight excluding hydrogens is 378 g/mol. The molecule has 1 aromatic rings. The van der Waals surface area contributed by atoms with Gasteiger partial charge in [0.05, 0.1) is 0 Å². The summed E-state index contributed by atoms with van der Waals surface area (Å²) in [4.78, 5) is 38.0. The first-order chi connectivity index (χ1) is 13.9. The predicted molar refractivity (Wildman–Crippen MR) is 122 cm³/mol. The van der Waals surface area contributed by atoms with Gasteiger partial charge >= 0.3 is 0 Å². The van der Waals surface area contributed by atoms with E-state index in [9.17, 15) is 14.4 Å². The van der Waals surface area contributed by atoms with Crippen molar-refractivity contribution in [2.45, 2.75) is 86.1 Å². The van der Waals surface area contributed by atoms with Gasteiger partial charge in [0, 0.05) is 33.8 Å². The minimum Gasteiger partial charge on any atom is -0.349 e. The fourth-order valence-corrected chi connectivity index (χ4v) is 3.20. The SMILES string of the molecule is CCC(C)(C)C(=O)Nc1cc(NC(=O)C(C)(C)C)cc(C(=O)NC2CCCCC2)c1. The Hall–Kier alpha value is -2.37. The average Bonchev–Trinajstić information content (AvgIpc) is 2.67. The average molecular weight is 416 g/mol. The van der Waals surface area contributed by atoms with Gasteiger partial charge in [-0.05, 0) is 37.5 Å². The first-order valence-corrected chi connectivity index (χ1v) is 11.0. The van der Waals surface area contributed by atoms with Crippen LogP contribution in [0.5, 0.6) is 0 Å². The van der Waals surface area contributed by atoms with Crippen LogP contribution in [0.2, 0.25) is 0 Å². The summed E-state index contributed by atoms with van der Waals surface area (Å²) in [5.41, 5.74) is 0.318. The van der Waals surface area contributed by atoms with E-state index in [1.807, 2.05) is 41.5 Å². The Morgan fingerprint density at radius 3 is 1.90 bits per heavy atom. The third-order valence-electron chi connectivity index (χ3n) is 5.83. The van der Waals surface area contributed by atoms with Crippen molar-refractivity contribution >= 4 is 29.1 Å². The standard InChI is InChI=1S/C24H37N3O3/c1-7-24(5,6)22(30)27-19-14-16(20(28)25-17-11-9-8-10-12-17)13-18(15-19)26-21(29)23(2,3)4/h13-15,17H,7-12H2,1-6H3,(H,25,28)(H,26,29)(H,27,30). The smallest absolute Gasteiger partial charge is 0.251 e. The third-order valence-corrected chi connectivity index (χ3v) is 5.83. The number of benzene rings is 1. The lowest BCUT2D eigenvalue weighted by atomic mass is 9.89. The normalized spacial score (nSPS) is 15.4. The lowest BCUT2D eigenvalue weighted by molar-refractivity contribution is -0.124. The van der Waals surface area contributed by atoms with E-state index in [1.165, 1.54) is 6.42 Å². The molecule has 1 aliphatic carbocycles. The van der Waals surface area contributed by atoms with Crippen LogP contribution in [0.4, 0.5) is 11.4 Å². The van der Waals surface area contributed by atoms with Crippen LogP contribution in [-0.4, -0.2) is 23.8 Å². The maximum atomic E-state index is 12.9. The van der Waals surface area contributed by atoms with Crippen LogP contribution in [-0.2, 0) is 9.59 Å². The Morgan fingerprint density at radius 2 is 1.40 bits per heavy atom. The number of hydrogen-bond donors (Lipinski definition) is 3. The predicted octanol–water partition coefficient (Wildman–Crippen LogP) is 5.11. The highest BCUT2D eigenvalue weighted by Gasteiger charge is 2.26. The van der Waals surface area contributed by atoms with Gasteiger partial charge in [-0.2, -0.15) is 0 Å². The molecular formula is C24H37N3O3. The molecule has 1 saturated carbocycles. The number of hydrogen-bond acceptors (Lipinski definition) is 3. The molecule has 0 saturated heterocycles. The van der Waals surface area contributed by atoms with E-state index in [0.717, 1.165) is 25.7 Å². The van der Waals surface area contributed by atoms with Crippen molar-refractivity contribution in [3.05, 3.63) is 23.8 Å². The summed E-state index contributed by atoms with van der Waals surface area (Å²) < 4.78 is 0. The summed E-state index contributed by atoms with van der Waals surface area (Å²) in [6, 6.07) is 5.22. The van der Waals surface area contributed by atoms with E-state index >= 15 is 0 Å². The van der Waals surface area contributed by atoms with Gasteiger partial charge < -0.3 is 16.0 Å².